The summed E-state index contributed by atoms with van der Waals surface area (Å²) in [5.74, 6) is 0.350. The lowest BCUT2D eigenvalue weighted by atomic mass is 10.0. The zero-order chi connectivity index (χ0) is 12.7. The maximum Gasteiger partial charge on any atom is 0.131 e. The molecule has 0 amide bonds. The van der Waals surface area contributed by atoms with Crippen molar-refractivity contribution < 1.29 is 9.84 Å². The van der Waals surface area contributed by atoms with E-state index < -0.39 is 0 Å². The van der Waals surface area contributed by atoms with Crippen molar-refractivity contribution in [1.29, 1.82) is 0 Å². The average Bonchev–Trinajstić information content (AvgIpc) is 2.67. The fourth-order valence-corrected chi connectivity index (χ4v) is 2.60. The fraction of sp³-hybridized carbons (Fsp3) is 0.429. The second-order valence-corrected chi connectivity index (χ2v) is 4.86. The van der Waals surface area contributed by atoms with Crippen molar-refractivity contribution in [2.45, 2.75) is 20.0 Å². The highest BCUT2D eigenvalue weighted by molar-refractivity contribution is 5.91. The lowest BCUT2D eigenvalue weighted by Crippen LogP contribution is -2.33. The number of aromatic hydroxyl groups is 1. The van der Waals surface area contributed by atoms with Crippen LogP contribution in [0.25, 0.3) is 10.9 Å². The number of rotatable bonds is 1. The molecule has 1 aromatic heterocycles. The zero-order valence-electron chi connectivity index (χ0n) is 10.7. The van der Waals surface area contributed by atoms with Gasteiger partial charge in [0.1, 0.15) is 5.75 Å². The highest BCUT2D eigenvalue weighted by atomic mass is 16.5. The summed E-state index contributed by atoms with van der Waals surface area (Å²) in [6.45, 7) is 6.36. The maximum absolute atomic E-state index is 10.5. The second-order valence-electron chi connectivity index (χ2n) is 4.86. The summed E-state index contributed by atoms with van der Waals surface area (Å²) < 4.78 is 5.71. The van der Waals surface area contributed by atoms with Crippen LogP contribution < -0.4 is 5.32 Å². The molecule has 1 aromatic carbocycles. The van der Waals surface area contributed by atoms with E-state index in [1.54, 1.807) is 0 Å². The Hall–Kier alpha value is -1.52. The Morgan fingerprint density at radius 2 is 2.17 bits per heavy atom. The highest BCUT2D eigenvalue weighted by Gasteiger charge is 2.21. The molecule has 0 saturated carbocycles. The number of aryl methyl sites for hydroxylation is 2. The number of nitrogens with one attached hydrogen (secondary N) is 2. The zero-order valence-corrected chi connectivity index (χ0v) is 10.7. The number of benzene rings is 1. The molecule has 3 rings (SSSR count). The molecular weight excluding hydrogens is 228 g/mol. The quantitative estimate of drug-likeness (QED) is 0.722. The number of morpholine rings is 1. The Kier molecular flexibility index (Phi) is 2.76. The van der Waals surface area contributed by atoms with Gasteiger partial charge in [0, 0.05) is 35.2 Å². The summed E-state index contributed by atoms with van der Waals surface area (Å²) in [5, 5.41) is 14.7. The first-order valence-electron chi connectivity index (χ1n) is 6.31. The van der Waals surface area contributed by atoms with Crippen molar-refractivity contribution in [3.8, 4) is 5.75 Å². The van der Waals surface area contributed by atoms with E-state index in [4.69, 9.17) is 4.74 Å². The molecule has 0 radical (unpaired) electrons. The Morgan fingerprint density at radius 3 is 2.89 bits per heavy atom. The van der Waals surface area contributed by atoms with E-state index in [-0.39, 0.29) is 6.10 Å². The SMILES string of the molecule is Cc1[nH]c2ccc(C3CNCCO3)c(O)c2c1C. The first-order valence-corrected chi connectivity index (χ1v) is 6.31. The molecule has 1 fully saturated rings. The summed E-state index contributed by atoms with van der Waals surface area (Å²) in [6.07, 6.45) is -0.0576. The summed E-state index contributed by atoms with van der Waals surface area (Å²) in [5.41, 5.74) is 4.06. The van der Waals surface area contributed by atoms with Crippen LogP contribution in [0.15, 0.2) is 12.1 Å². The van der Waals surface area contributed by atoms with E-state index >= 15 is 0 Å². The predicted molar refractivity (Wildman–Crippen MR) is 71.0 cm³/mol. The first kappa shape index (κ1) is 11.6. The van der Waals surface area contributed by atoms with Crippen molar-refractivity contribution in [3.63, 3.8) is 0 Å². The minimum Gasteiger partial charge on any atom is -0.507 e. The second kappa shape index (κ2) is 4.30. The van der Waals surface area contributed by atoms with Crippen LogP contribution >= 0.6 is 0 Å². The van der Waals surface area contributed by atoms with E-state index in [2.05, 4.69) is 10.3 Å². The summed E-state index contributed by atoms with van der Waals surface area (Å²) in [4.78, 5) is 3.28. The molecule has 0 spiro atoms. The van der Waals surface area contributed by atoms with E-state index in [1.807, 2.05) is 26.0 Å². The standard InChI is InChI=1S/C14H18N2O2/c1-8-9(2)16-11-4-3-10(14(17)13(8)11)12-7-15-5-6-18-12/h3-4,12,15-17H,5-7H2,1-2H3. The van der Waals surface area contributed by atoms with Gasteiger partial charge in [-0.05, 0) is 25.5 Å². The number of hydrogen-bond acceptors (Lipinski definition) is 3. The molecule has 0 bridgehead atoms. The highest BCUT2D eigenvalue weighted by Crippen LogP contribution is 2.37. The molecule has 1 aliphatic heterocycles. The normalized spacial score (nSPS) is 20.4. The predicted octanol–water partition coefficient (Wildman–Crippen LogP) is 2.15. The summed E-state index contributed by atoms with van der Waals surface area (Å²) >= 11 is 0. The Balaban J connectivity index is 2.13. The van der Waals surface area contributed by atoms with E-state index in [0.717, 1.165) is 40.8 Å². The number of ether oxygens (including phenoxy) is 1. The smallest absolute Gasteiger partial charge is 0.131 e. The molecule has 96 valence electrons. The summed E-state index contributed by atoms with van der Waals surface area (Å²) in [6, 6.07) is 3.97. The van der Waals surface area contributed by atoms with Gasteiger partial charge in [0.2, 0.25) is 0 Å². The number of phenols is 1. The molecule has 2 heterocycles. The van der Waals surface area contributed by atoms with Crippen LogP contribution in [-0.2, 0) is 4.74 Å². The molecule has 18 heavy (non-hydrogen) atoms. The topological polar surface area (TPSA) is 57.3 Å². The van der Waals surface area contributed by atoms with Gasteiger partial charge in [-0.3, -0.25) is 0 Å². The number of H-pyrrole nitrogens is 1. The van der Waals surface area contributed by atoms with Crippen LogP contribution in [0.2, 0.25) is 0 Å². The van der Waals surface area contributed by atoms with E-state index in [0.29, 0.717) is 12.4 Å². The molecule has 4 heteroatoms. The molecule has 1 saturated heterocycles. The van der Waals surface area contributed by atoms with Gasteiger partial charge < -0.3 is 20.1 Å². The van der Waals surface area contributed by atoms with Crippen LogP contribution in [0.3, 0.4) is 0 Å². The Morgan fingerprint density at radius 1 is 1.33 bits per heavy atom. The van der Waals surface area contributed by atoms with Crippen molar-refractivity contribution in [2.24, 2.45) is 0 Å². The van der Waals surface area contributed by atoms with Crippen LogP contribution in [0.1, 0.15) is 22.9 Å². The molecule has 1 unspecified atom stereocenters. The van der Waals surface area contributed by atoms with Crippen LogP contribution in [0.5, 0.6) is 5.75 Å². The van der Waals surface area contributed by atoms with Gasteiger partial charge in [0.05, 0.1) is 12.7 Å². The third-order valence-corrected chi connectivity index (χ3v) is 3.74. The first-order chi connectivity index (χ1) is 8.68. The van der Waals surface area contributed by atoms with Gasteiger partial charge in [-0.2, -0.15) is 0 Å². The Bertz CT molecular complexity index is 583. The number of phenolic OH excluding ortho intramolecular Hbond substituents is 1. The van der Waals surface area contributed by atoms with Crippen molar-refractivity contribution in [2.75, 3.05) is 19.7 Å². The van der Waals surface area contributed by atoms with Crippen LogP contribution in [-0.4, -0.2) is 29.8 Å². The number of fused-ring (bicyclic) bond motifs is 1. The fourth-order valence-electron chi connectivity index (χ4n) is 2.60. The van der Waals surface area contributed by atoms with E-state index in [1.165, 1.54) is 0 Å². The van der Waals surface area contributed by atoms with Crippen molar-refractivity contribution in [1.82, 2.24) is 10.3 Å². The molecule has 0 aliphatic carbocycles. The van der Waals surface area contributed by atoms with Gasteiger partial charge in [-0.25, -0.2) is 0 Å². The molecule has 3 N–H and O–H groups in total. The lowest BCUT2D eigenvalue weighted by molar-refractivity contribution is 0.0264. The molecule has 1 aliphatic rings. The monoisotopic (exact) mass is 246 g/mol. The minimum absolute atomic E-state index is 0.0576. The van der Waals surface area contributed by atoms with Gasteiger partial charge in [-0.15, -0.1) is 0 Å². The largest absolute Gasteiger partial charge is 0.507 e. The van der Waals surface area contributed by atoms with Gasteiger partial charge in [0.15, 0.2) is 0 Å². The summed E-state index contributed by atoms with van der Waals surface area (Å²) in [7, 11) is 0. The molecule has 2 aromatic rings. The molecular formula is C14H18N2O2. The Labute approximate surface area is 106 Å². The molecule has 4 nitrogen and oxygen atoms in total. The van der Waals surface area contributed by atoms with Gasteiger partial charge in [0.25, 0.3) is 0 Å². The van der Waals surface area contributed by atoms with Crippen molar-refractivity contribution >= 4 is 10.9 Å². The average molecular weight is 246 g/mol. The van der Waals surface area contributed by atoms with Crippen LogP contribution in [0.4, 0.5) is 0 Å². The van der Waals surface area contributed by atoms with Gasteiger partial charge in [-0.1, -0.05) is 6.07 Å². The minimum atomic E-state index is -0.0576. The van der Waals surface area contributed by atoms with E-state index in [9.17, 15) is 5.11 Å². The number of aromatic nitrogens is 1. The number of aromatic amines is 1. The van der Waals surface area contributed by atoms with Crippen molar-refractivity contribution in [3.05, 3.63) is 29.0 Å². The third kappa shape index (κ3) is 1.69. The number of hydrogen-bond donors (Lipinski definition) is 3. The van der Waals surface area contributed by atoms with Gasteiger partial charge >= 0.3 is 0 Å². The third-order valence-electron chi connectivity index (χ3n) is 3.74. The maximum atomic E-state index is 10.5. The molecule has 1 atom stereocenters. The lowest BCUT2D eigenvalue weighted by Gasteiger charge is -2.24. The van der Waals surface area contributed by atoms with Crippen LogP contribution in [0, 0.1) is 13.8 Å².